The molecule has 0 aromatic heterocycles. The molecule has 0 aliphatic carbocycles. The summed E-state index contributed by atoms with van der Waals surface area (Å²) in [7, 11) is 3.59. The number of benzene rings is 2. The Kier molecular flexibility index (Phi) is 5.18. The largest absolute Gasteiger partial charge is 0.454 e. The highest BCUT2D eigenvalue weighted by atomic mass is 16.5. The van der Waals surface area contributed by atoms with Crippen molar-refractivity contribution in [1.29, 1.82) is 5.26 Å². The van der Waals surface area contributed by atoms with Crippen LogP contribution in [-0.2, 0) is 9.53 Å². The maximum absolute atomic E-state index is 12.6. The van der Waals surface area contributed by atoms with Gasteiger partial charge in [-0.3, -0.25) is 4.79 Å². The molecule has 0 amide bonds. The molecule has 0 saturated heterocycles. The number of rotatable bonds is 4. The first-order chi connectivity index (χ1) is 13.3. The lowest BCUT2D eigenvalue weighted by Gasteiger charge is -2.19. The van der Waals surface area contributed by atoms with Gasteiger partial charge in [0.05, 0.1) is 16.9 Å². The minimum atomic E-state index is -0.588. The molecular formula is C22H21N3O3. The molecular weight excluding hydrogens is 354 g/mol. The summed E-state index contributed by atoms with van der Waals surface area (Å²) >= 11 is 0. The molecule has 1 aliphatic rings. The summed E-state index contributed by atoms with van der Waals surface area (Å²) < 4.78 is 5.16. The molecule has 1 aliphatic heterocycles. The van der Waals surface area contributed by atoms with E-state index in [1.54, 1.807) is 36.0 Å². The number of nitriles is 1. The van der Waals surface area contributed by atoms with Crippen molar-refractivity contribution in [2.24, 2.45) is 0 Å². The van der Waals surface area contributed by atoms with Crippen molar-refractivity contribution < 1.29 is 14.3 Å². The van der Waals surface area contributed by atoms with Crippen LogP contribution >= 0.6 is 0 Å². The lowest BCUT2D eigenvalue weighted by Crippen LogP contribution is -2.27. The van der Waals surface area contributed by atoms with Crippen molar-refractivity contribution in [2.75, 3.05) is 30.5 Å². The second-order valence-corrected chi connectivity index (χ2v) is 6.72. The highest BCUT2D eigenvalue weighted by molar-refractivity contribution is 6.04. The van der Waals surface area contributed by atoms with E-state index in [-0.39, 0.29) is 5.57 Å². The fraction of sp³-hybridized carbons (Fsp3) is 0.227. The van der Waals surface area contributed by atoms with Gasteiger partial charge in [0.15, 0.2) is 6.61 Å². The minimum absolute atomic E-state index is 0.0471. The number of ketones is 1. The van der Waals surface area contributed by atoms with Gasteiger partial charge in [0.1, 0.15) is 17.5 Å². The number of hydrogen-bond acceptors (Lipinski definition) is 6. The van der Waals surface area contributed by atoms with Crippen LogP contribution in [0, 0.1) is 25.2 Å². The average molecular weight is 375 g/mol. The van der Waals surface area contributed by atoms with Crippen LogP contribution in [0.3, 0.4) is 0 Å². The number of para-hydroxylation sites is 2. The number of ether oxygens (including phenoxy) is 1. The lowest BCUT2D eigenvalue weighted by atomic mass is 10.1. The number of esters is 1. The second kappa shape index (κ2) is 7.57. The monoisotopic (exact) mass is 375 g/mol. The van der Waals surface area contributed by atoms with Crippen LogP contribution in [0.4, 0.5) is 11.4 Å². The summed E-state index contributed by atoms with van der Waals surface area (Å²) in [5, 5.41) is 9.60. The van der Waals surface area contributed by atoms with E-state index in [2.05, 4.69) is 0 Å². The third-order valence-corrected chi connectivity index (χ3v) is 4.93. The molecule has 3 rings (SSSR count). The van der Waals surface area contributed by atoms with Gasteiger partial charge in [-0.15, -0.1) is 0 Å². The maximum atomic E-state index is 12.6. The summed E-state index contributed by atoms with van der Waals surface area (Å²) in [4.78, 5) is 28.5. The average Bonchev–Trinajstić information content (AvgIpc) is 2.94. The van der Waals surface area contributed by atoms with Gasteiger partial charge in [0, 0.05) is 14.1 Å². The molecule has 0 fully saturated rings. The smallest absolute Gasteiger partial charge is 0.338 e. The van der Waals surface area contributed by atoms with Crippen LogP contribution in [-0.4, -0.2) is 32.5 Å². The number of fused-ring (bicyclic) bond motifs is 1. The Labute approximate surface area is 164 Å². The van der Waals surface area contributed by atoms with Gasteiger partial charge in [-0.2, -0.15) is 5.26 Å². The van der Waals surface area contributed by atoms with E-state index in [4.69, 9.17) is 4.74 Å². The van der Waals surface area contributed by atoms with Gasteiger partial charge in [-0.25, -0.2) is 4.79 Å². The van der Waals surface area contributed by atoms with Crippen molar-refractivity contribution in [2.45, 2.75) is 13.8 Å². The summed E-state index contributed by atoms with van der Waals surface area (Å²) in [6.07, 6.45) is 0. The van der Waals surface area contributed by atoms with Gasteiger partial charge in [-0.1, -0.05) is 18.2 Å². The van der Waals surface area contributed by atoms with Crippen molar-refractivity contribution >= 4 is 23.1 Å². The molecule has 0 unspecified atom stereocenters. The van der Waals surface area contributed by atoms with Crippen LogP contribution in [0.2, 0.25) is 0 Å². The SMILES string of the molecule is Cc1ccc(C(=O)OCC(=O)C(C#N)=C2N(C)c3ccccc3N2C)cc1C. The predicted molar refractivity (Wildman–Crippen MR) is 107 cm³/mol. The fourth-order valence-corrected chi connectivity index (χ4v) is 3.21. The number of Topliss-reactive ketones (excluding diaryl/α,β-unsaturated/α-hetero) is 1. The van der Waals surface area contributed by atoms with Crippen molar-refractivity contribution in [3.63, 3.8) is 0 Å². The molecule has 28 heavy (non-hydrogen) atoms. The number of anilines is 2. The van der Waals surface area contributed by atoms with Gasteiger partial charge in [0.2, 0.25) is 5.78 Å². The van der Waals surface area contributed by atoms with E-state index in [0.717, 1.165) is 22.5 Å². The Morgan fingerprint density at radius 2 is 1.61 bits per heavy atom. The van der Waals surface area contributed by atoms with Crippen LogP contribution < -0.4 is 9.80 Å². The quantitative estimate of drug-likeness (QED) is 0.464. The standard InChI is InChI=1S/C22H21N3O3/c1-14-9-10-16(11-15(14)2)22(27)28-13-20(26)17(12-23)21-24(3)18-7-5-6-8-19(18)25(21)4/h5-11H,13H2,1-4H3. The van der Waals surface area contributed by atoms with Gasteiger partial charge in [0.25, 0.3) is 0 Å². The van der Waals surface area contributed by atoms with E-state index in [1.807, 2.05) is 50.2 Å². The molecule has 2 aromatic carbocycles. The van der Waals surface area contributed by atoms with Crippen LogP contribution in [0.1, 0.15) is 21.5 Å². The fourth-order valence-electron chi connectivity index (χ4n) is 3.21. The summed E-state index contributed by atoms with van der Waals surface area (Å²) in [5.41, 5.74) is 4.16. The van der Waals surface area contributed by atoms with Crippen LogP contribution in [0.5, 0.6) is 0 Å². The molecule has 0 bridgehead atoms. The Morgan fingerprint density at radius 3 is 2.14 bits per heavy atom. The predicted octanol–water partition coefficient (Wildman–Crippen LogP) is 3.35. The van der Waals surface area contributed by atoms with Crippen molar-refractivity contribution in [1.82, 2.24) is 0 Å². The lowest BCUT2D eigenvalue weighted by molar-refractivity contribution is -0.118. The van der Waals surface area contributed by atoms with Crippen molar-refractivity contribution in [3.05, 3.63) is 70.5 Å². The summed E-state index contributed by atoms with van der Waals surface area (Å²) in [6, 6.07) is 14.8. The molecule has 0 saturated carbocycles. The highest BCUT2D eigenvalue weighted by Crippen LogP contribution is 2.40. The molecule has 0 N–H and O–H groups in total. The first-order valence-electron chi connectivity index (χ1n) is 8.83. The van der Waals surface area contributed by atoms with Gasteiger partial charge in [-0.05, 0) is 49.2 Å². The molecule has 6 heteroatoms. The highest BCUT2D eigenvalue weighted by Gasteiger charge is 2.31. The Bertz CT molecular complexity index is 1000. The minimum Gasteiger partial charge on any atom is -0.454 e. The normalized spacial score (nSPS) is 12.5. The first kappa shape index (κ1) is 19.2. The van der Waals surface area contributed by atoms with E-state index < -0.39 is 18.4 Å². The number of nitrogens with zero attached hydrogens (tertiary/aromatic N) is 3. The van der Waals surface area contributed by atoms with E-state index in [1.165, 1.54) is 0 Å². The molecule has 6 nitrogen and oxygen atoms in total. The molecule has 1 heterocycles. The Morgan fingerprint density at radius 1 is 1.00 bits per heavy atom. The zero-order chi connectivity index (χ0) is 20.4. The van der Waals surface area contributed by atoms with Crippen LogP contribution in [0.15, 0.2) is 53.9 Å². The molecule has 0 atom stereocenters. The van der Waals surface area contributed by atoms with Gasteiger partial charge < -0.3 is 14.5 Å². The molecule has 0 radical (unpaired) electrons. The third-order valence-electron chi connectivity index (χ3n) is 4.93. The first-order valence-corrected chi connectivity index (χ1v) is 8.83. The second-order valence-electron chi connectivity index (χ2n) is 6.72. The van der Waals surface area contributed by atoms with E-state index in [9.17, 15) is 14.9 Å². The molecule has 2 aromatic rings. The topological polar surface area (TPSA) is 73.6 Å². The zero-order valence-corrected chi connectivity index (χ0v) is 16.3. The van der Waals surface area contributed by atoms with Crippen molar-refractivity contribution in [3.8, 4) is 6.07 Å². The Hall–Kier alpha value is -3.59. The summed E-state index contributed by atoms with van der Waals surface area (Å²) in [5.74, 6) is -0.660. The number of carbonyl (C=O) groups excluding carboxylic acids is 2. The Balaban J connectivity index is 1.79. The number of carbonyl (C=O) groups is 2. The molecule has 0 spiro atoms. The zero-order valence-electron chi connectivity index (χ0n) is 16.3. The number of aryl methyl sites for hydroxylation is 2. The molecule has 142 valence electrons. The summed E-state index contributed by atoms with van der Waals surface area (Å²) in [6.45, 7) is 3.36. The third kappa shape index (κ3) is 3.35. The number of hydrogen-bond donors (Lipinski definition) is 0. The van der Waals surface area contributed by atoms with Gasteiger partial charge >= 0.3 is 5.97 Å². The van der Waals surface area contributed by atoms with E-state index >= 15 is 0 Å². The van der Waals surface area contributed by atoms with E-state index in [0.29, 0.717) is 11.4 Å². The maximum Gasteiger partial charge on any atom is 0.338 e. The van der Waals surface area contributed by atoms with Crippen LogP contribution in [0.25, 0.3) is 0 Å².